The van der Waals surface area contributed by atoms with Crippen molar-refractivity contribution >= 4 is 56.0 Å². The van der Waals surface area contributed by atoms with E-state index in [9.17, 15) is 18.0 Å². The second kappa shape index (κ2) is 11.1. The number of esters is 1. The maximum atomic E-state index is 12.7. The van der Waals surface area contributed by atoms with Crippen LogP contribution in [-0.2, 0) is 19.6 Å². The third-order valence-electron chi connectivity index (χ3n) is 5.72. The van der Waals surface area contributed by atoms with Gasteiger partial charge in [0.1, 0.15) is 5.82 Å². The predicted molar refractivity (Wildman–Crippen MR) is 149 cm³/mol. The molecule has 1 unspecified atom stereocenters. The van der Waals surface area contributed by atoms with Gasteiger partial charge >= 0.3 is 5.97 Å². The fourth-order valence-corrected chi connectivity index (χ4v) is 4.78. The van der Waals surface area contributed by atoms with Crippen LogP contribution in [0.3, 0.4) is 0 Å². The van der Waals surface area contributed by atoms with Crippen LogP contribution >= 0.6 is 11.6 Å². The highest BCUT2D eigenvalue weighted by molar-refractivity contribution is 7.92. The Morgan fingerprint density at radius 2 is 1.70 bits per heavy atom. The fourth-order valence-electron chi connectivity index (χ4n) is 3.68. The number of aromatic nitrogens is 4. The van der Waals surface area contributed by atoms with E-state index >= 15 is 0 Å². The van der Waals surface area contributed by atoms with Crippen molar-refractivity contribution in [2.24, 2.45) is 0 Å². The number of nitrogens with zero attached hydrogens (tertiary/aromatic N) is 3. The summed E-state index contributed by atoms with van der Waals surface area (Å²) in [6.45, 7) is 1.44. The molecule has 0 aliphatic rings. The number of fused-ring (bicyclic) bond motifs is 1. The normalized spacial score (nSPS) is 12.1. The molecule has 3 aromatic carbocycles. The smallest absolute Gasteiger partial charge is 0.338 e. The Labute approximate surface area is 233 Å². The molecular weight excluding hydrogens is 556 g/mol. The van der Waals surface area contributed by atoms with Gasteiger partial charge in [0.15, 0.2) is 17.1 Å². The highest BCUT2D eigenvalue weighted by Gasteiger charge is 2.21. The molecule has 11 nitrogen and oxygen atoms in total. The molecule has 0 aliphatic carbocycles. The molecule has 3 N–H and O–H groups in total. The molecule has 1 amide bonds. The van der Waals surface area contributed by atoms with Gasteiger partial charge in [0.05, 0.1) is 21.5 Å². The molecule has 1 atom stereocenters. The summed E-state index contributed by atoms with van der Waals surface area (Å²) < 4.78 is 32.8. The van der Waals surface area contributed by atoms with E-state index in [1.807, 2.05) is 30.3 Å². The highest BCUT2D eigenvalue weighted by atomic mass is 35.5. The van der Waals surface area contributed by atoms with E-state index in [1.165, 1.54) is 43.3 Å². The maximum absolute atomic E-state index is 12.7. The summed E-state index contributed by atoms with van der Waals surface area (Å²) in [4.78, 5) is 33.0. The second-order valence-electron chi connectivity index (χ2n) is 8.59. The standard InChI is InChI=1S/C27H21ClN6O5S/c1-16(39-27(36)18-7-12-21-22(15-18)31-25(30-21)17-5-3-2-4-6-17)26(35)29-19-8-10-20(11-9-19)40(37,38)34-24-14-13-23(28)32-33-24/h2-16H,1H3,(H,29,35)(H,30,31)(H,33,34). The lowest BCUT2D eigenvalue weighted by Crippen LogP contribution is -2.30. The molecule has 5 rings (SSSR count). The first kappa shape index (κ1) is 26.8. The first-order valence-electron chi connectivity index (χ1n) is 11.9. The van der Waals surface area contributed by atoms with Crippen LogP contribution in [0, 0.1) is 0 Å². The van der Waals surface area contributed by atoms with Gasteiger partial charge in [-0.25, -0.2) is 18.2 Å². The number of aromatic amines is 1. The monoisotopic (exact) mass is 576 g/mol. The van der Waals surface area contributed by atoms with Crippen LogP contribution < -0.4 is 10.0 Å². The zero-order valence-corrected chi connectivity index (χ0v) is 22.4. The van der Waals surface area contributed by atoms with Gasteiger partial charge in [-0.3, -0.25) is 9.52 Å². The molecule has 202 valence electrons. The third-order valence-corrected chi connectivity index (χ3v) is 7.29. The van der Waals surface area contributed by atoms with Crippen LogP contribution in [0.4, 0.5) is 11.5 Å². The summed E-state index contributed by atoms with van der Waals surface area (Å²) >= 11 is 5.66. The maximum Gasteiger partial charge on any atom is 0.338 e. The predicted octanol–water partition coefficient (Wildman–Crippen LogP) is 4.66. The minimum absolute atomic E-state index is 0.000679. The molecule has 0 fully saturated rings. The zero-order chi connectivity index (χ0) is 28.3. The van der Waals surface area contributed by atoms with Crippen molar-refractivity contribution in [2.45, 2.75) is 17.9 Å². The van der Waals surface area contributed by atoms with E-state index in [-0.39, 0.29) is 21.4 Å². The Bertz CT molecular complexity index is 1790. The van der Waals surface area contributed by atoms with Gasteiger partial charge in [0.2, 0.25) is 0 Å². The number of H-pyrrole nitrogens is 1. The number of carbonyl (C=O) groups excluding carboxylic acids is 2. The molecule has 0 radical (unpaired) electrons. The quantitative estimate of drug-likeness (QED) is 0.225. The number of anilines is 2. The van der Waals surface area contributed by atoms with E-state index in [4.69, 9.17) is 16.3 Å². The summed E-state index contributed by atoms with van der Waals surface area (Å²) in [5.41, 5.74) is 2.81. The van der Waals surface area contributed by atoms with Crippen LogP contribution in [0.25, 0.3) is 22.4 Å². The van der Waals surface area contributed by atoms with Gasteiger partial charge in [-0.2, -0.15) is 0 Å². The lowest BCUT2D eigenvalue weighted by Gasteiger charge is -2.14. The summed E-state index contributed by atoms with van der Waals surface area (Å²) in [6.07, 6.45) is -1.13. The average molecular weight is 577 g/mol. The van der Waals surface area contributed by atoms with Crippen LogP contribution in [0.2, 0.25) is 5.15 Å². The van der Waals surface area contributed by atoms with Crippen LogP contribution in [0.15, 0.2) is 89.8 Å². The highest BCUT2D eigenvalue weighted by Crippen LogP contribution is 2.22. The van der Waals surface area contributed by atoms with Gasteiger partial charge in [0, 0.05) is 11.3 Å². The molecule has 5 aromatic rings. The zero-order valence-electron chi connectivity index (χ0n) is 20.8. The van der Waals surface area contributed by atoms with Crippen molar-refractivity contribution in [3.63, 3.8) is 0 Å². The number of imidazole rings is 1. The molecule has 0 bridgehead atoms. The molecule has 13 heteroatoms. The Hall–Kier alpha value is -4.81. The topological polar surface area (TPSA) is 156 Å². The van der Waals surface area contributed by atoms with Gasteiger partial charge in [0.25, 0.3) is 15.9 Å². The third kappa shape index (κ3) is 6.08. The molecule has 0 aliphatic heterocycles. The van der Waals surface area contributed by atoms with Crippen LogP contribution in [-0.4, -0.2) is 46.6 Å². The molecule has 0 saturated heterocycles. The number of benzene rings is 3. The number of hydrogen-bond acceptors (Lipinski definition) is 8. The number of sulfonamides is 1. The second-order valence-corrected chi connectivity index (χ2v) is 10.7. The first-order chi connectivity index (χ1) is 19.2. The van der Waals surface area contributed by atoms with Gasteiger partial charge in [-0.05, 0) is 61.5 Å². The Kier molecular flexibility index (Phi) is 7.45. The van der Waals surface area contributed by atoms with Crippen molar-refractivity contribution in [1.82, 2.24) is 20.2 Å². The first-order valence-corrected chi connectivity index (χ1v) is 13.7. The Balaban J connectivity index is 1.20. The number of ether oxygens (including phenoxy) is 1. The number of carbonyl (C=O) groups is 2. The fraction of sp³-hybridized carbons (Fsp3) is 0.0741. The lowest BCUT2D eigenvalue weighted by atomic mass is 10.2. The summed E-state index contributed by atoms with van der Waals surface area (Å²) in [5.74, 6) is -0.603. The number of hydrogen-bond donors (Lipinski definition) is 3. The minimum Gasteiger partial charge on any atom is -0.449 e. The molecule has 0 spiro atoms. The molecular formula is C27H21ClN6O5S. The van der Waals surface area contributed by atoms with E-state index in [0.29, 0.717) is 22.5 Å². The Morgan fingerprint density at radius 3 is 2.40 bits per heavy atom. The lowest BCUT2D eigenvalue weighted by molar-refractivity contribution is -0.123. The SMILES string of the molecule is CC(OC(=O)c1ccc2nc(-c3ccccc3)[nH]c2c1)C(=O)Nc1ccc(S(=O)(=O)Nc2ccc(Cl)nn2)cc1. The molecule has 2 aromatic heterocycles. The van der Waals surface area contributed by atoms with Crippen molar-refractivity contribution in [2.75, 3.05) is 10.0 Å². The number of amides is 1. The minimum atomic E-state index is -3.95. The van der Waals surface area contributed by atoms with E-state index in [2.05, 4.69) is 30.2 Å². The molecule has 40 heavy (non-hydrogen) atoms. The van der Waals surface area contributed by atoms with E-state index in [0.717, 1.165) is 5.56 Å². The Morgan fingerprint density at radius 1 is 0.950 bits per heavy atom. The van der Waals surface area contributed by atoms with Crippen LogP contribution in [0.5, 0.6) is 0 Å². The number of rotatable bonds is 8. The van der Waals surface area contributed by atoms with E-state index < -0.39 is 28.0 Å². The van der Waals surface area contributed by atoms with Crippen LogP contribution in [0.1, 0.15) is 17.3 Å². The van der Waals surface area contributed by atoms with Crippen molar-refractivity contribution in [3.05, 3.63) is 95.6 Å². The summed E-state index contributed by atoms with van der Waals surface area (Å²) in [6, 6.07) is 22.7. The van der Waals surface area contributed by atoms with Crippen molar-refractivity contribution in [1.29, 1.82) is 0 Å². The molecule has 2 heterocycles. The van der Waals surface area contributed by atoms with Gasteiger partial charge in [-0.15, -0.1) is 10.2 Å². The summed E-state index contributed by atoms with van der Waals surface area (Å²) in [5, 5.41) is 9.97. The van der Waals surface area contributed by atoms with E-state index in [1.54, 1.807) is 18.2 Å². The number of halogens is 1. The number of nitrogens with one attached hydrogen (secondary N) is 3. The van der Waals surface area contributed by atoms with Crippen molar-refractivity contribution in [3.8, 4) is 11.4 Å². The van der Waals surface area contributed by atoms with Gasteiger partial charge < -0.3 is 15.0 Å². The summed E-state index contributed by atoms with van der Waals surface area (Å²) in [7, 11) is -3.95. The van der Waals surface area contributed by atoms with Crippen molar-refractivity contribution < 1.29 is 22.7 Å². The van der Waals surface area contributed by atoms with Gasteiger partial charge in [-0.1, -0.05) is 41.9 Å². The average Bonchev–Trinajstić information content (AvgIpc) is 3.38. The largest absolute Gasteiger partial charge is 0.449 e. The molecule has 0 saturated carbocycles.